The molecule has 5 heteroatoms. The summed E-state index contributed by atoms with van der Waals surface area (Å²) in [4.78, 5) is 4.53. The molecular weight excluding hydrogens is 334 g/mol. The molecule has 1 aromatic heterocycles. The quantitative estimate of drug-likeness (QED) is 0.506. The Hall–Kier alpha value is -0.753. The SMILES string of the molecule is C/C(=C/C[C@H](O[Si](C)(C)C(C)(C)C)/C(C)=C/c1csc(C)n1)CO. The van der Waals surface area contributed by atoms with Crippen LogP contribution in [0, 0.1) is 6.92 Å². The second-order valence-corrected chi connectivity index (χ2v) is 13.8. The van der Waals surface area contributed by atoms with E-state index in [9.17, 15) is 5.11 Å². The number of nitrogens with zero attached hydrogens (tertiary/aromatic N) is 1. The van der Waals surface area contributed by atoms with Gasteiger partial charge in [-0.2, -0.15) is 0 Å². The normalized spacial score (nSPS) is 15.7. The van der Waals surface area contributed by atoms with Gasteiger partial charge in [-0.05, 0) is 57.0 Å². The number of thiazole rings is 1. The van der Waals surface area contributed by atoms with Crippen LogP contribution in [-0.2, 0) is 4.43 Å². The predicted molar refractivity (Wildman–Crippen MR) is 108 cm³/mol. The second-order valence-electron chi connectivity index (χ2n) is 7.99. The first-order valence-corrected chi connectivity index (χ1v) is 12.3. The summed E-state index contributed by atoms with van der Waals surface area (Å²) in [5.41, 5.74) is 3.17. The Morgan fingerprint density at radius 1 is 1.38 bits per heavy atom. The zero-order chi connectivity index (χ0) is 18.5. The Labute approximate surface area is 152 Å². The number of aliphatic hydroxyl groups is 1. The average Bonchev–Trinajstić information content (AvgIpc) is 2.86. The highest BCUT2D eigenvalue weighted by atomic mass is 32.1. The van der Waals surface area contributed by atoms with E-state index < -0.39 is 8.32 Å². The Morgan fingerprint density at radius 2 is 2.00 bits per heavy atom. The van der Waals surface area contributed by atoms with Gasteiger partial charge in [-0.1, -0.05) is 32.4 Å². The molecule has 0 unspecified atom stereocenters. The highest BCUT2D eigenvalue weighted by molar-refractivity contribution is 7.09. The Balaban J connectivity index is 3.06. The summed E-state index contributed by atoms with van der Waals surface area (Å²) in [7, 11) is -1.88. The van der Waals surface area contributed by atoms with Crippen LogP contribution in [0.5, 0.6) is 0 Å². The number of hydrogen-bond acceptors (Lipinski definition) is 4. The van der Waals surface area contributed by atoms with Gasteiger partial charge in [0.15, 0.2) is 8.32 Å². The summed E-state index contributed by atoms with van der Waals surface area (Å²) in [5, 5.41) is 12.6. The van der Waals surface area contributed by atoms with Crippen LogP contribution in [0.25, 0.3) is 6.08 Å². The fourth-order valence-electron chi connectivity index (χ4n) is 2.00. The van der Waals surface area contributed by atoms with Gasteiger partial charge < -0.3 is 9.53 Å². The molecule has 0 amide bonds. The van der Waals surface area contributed by atoms with E-state index >= 15 is 0 Å². The fraction of sp³-hybridized carbons (Fsp3) is 0.632. The van der Waals surface area contributed by atoms with Crippen molar-refractivity contribution in [3.05, 3.63) is 33.3 Å². The van der Waals surface area contributed by atoms with Crippen LogP contribution in [0.1, 0.15) is 51.7 Å². The molecule has 1 heterocycles. The van der Waals surface area contributed by atoms with Crippen molar-refractivity contribution >= 4 is 25.7 Å². The smallest absolute Gasteiger partial charge is 0.192 e. The Morgan fingerprint density at radius 3 is 2.46 bits per heavy atom. The first kappa shape index (κ1) is 21.3. The molecule has 1 atom stereocenters. The van der Waals surface area contributed by atoms with Gasteiger partial charge in [0.05, 0.1) is 23.4 Å². The molecule has 24 heavy (non-hydrogen) atoms. The summed E-state index contributed by atoms with van der Waals surface area (Å²) < 4.78 is 6.66. The van der Waals surface area contributed by atoms with Crippen molar-refractivity contribution in [3.8, 4) is 0 Å². The molecule has 1 rings (SSSR count). The van der Waals surface area contributed by atoms with Gasteiger partial charge in [-0.3, -0.25) is 0 Å². The Bertz CT molecular complexity index is 597. The summed E-state index contributed by atoms with van der Waals surface area (Å²) >= 11 is 1.66. The van der Waals surface area contributed by atoms with Gasteiger partial charge in [0.1, 0.15) is 0 Å². The fourth-order valence-corrected chi connectivity index (χ4v) is 3.92. The first-order valence-electron chi connectivity index (χ1n) is 8.51. The largest absolute Gasteiger partial charge is 0.410 e. The maximum atomic E-state index is 9.26. The van der Waals surface area contributed by atoms with Gasteiger partial charge in [-0.15, -0.1) is 11.3 Å². The molecular formula is C19H33NO2SSi. The van der Waals surface area contributed by atoms with Gasteiger partial charge in [0.25, 0.3) is 0 Å². The lowest BCUT2D eigenvalue weighted by Crippen LogP contribution is -2.44. The van der Waals surface area contributed by atoms with E-state index in [1.807, 2.05) is 13.8 Å². The van der Waals surface area contributed by atoms with Crippen LogP contribution in [-0.4, -0.2) is 31.1 Å². The summed E-state index contributed by atoms with van der Waals surface area (Å²) in [6, 6.07) is 0. The third-order valence-electron chi connectivity index (χ3n) is 4.69. The van der Waals surface area contributed by atoms with E-state index in [1.54, 1.807) is 11.3 Å². The third-order valence-corrected chi connectivity index (χ3v) is 9.97. The zero-order valence-electron chi connectivity index (χ0n) is 16.4. The summed E-state index contributed by atoms with van der Waals surface area (Å²) in [6.07, 6.45) is 5.02. The van der Waals surface area contributed by atoms with Crippen molar-refractivity contribution in [2.45, 2.75) is 72.2 Å². The predicted octanol–water partition coefficient (Wildman–Crippen LogP) is 5.57. The van der Waals surface area contributed by atoms with Crippen molar-refractivity contribution in [3.63, 3.8) is 0 Å². The number of aryl methyl sites for hydroxylation is 1. The maximum absolute atomic E-state index is 9.26. The molecule has 0 spiro atoms. The zero-order valence-corrected chi connectivity index (χ0v) is 18.3. The van der Waals surface area contributed by atoms with Gasteiger partial charge in [-0.25, -0.2) is 4.98 Å². The van der Waals surface area contributed by atoms with Gasteiger partial charge in [0.2, 0.25) is 0 Å². The van der Waals surface area contributed by atoms with Crippen LogP contribution in [0.2, 0.25) is 18.1 Å². The van der Waals surface area contributed by atoms with Crippen molar-refractivity contribution in [2.75, 3.05) is 6.61 Å². The van der Waals surface area contributed by atoms with E-state index in [2.05, 4.69) is 63.3 Å². The van der Waals surface area contributed by atoms with Crippen molar-refractivity contribution in [2.24, 2.45) is 0 Å². The Kier molecular flexibility index (Phi) is 7.60. The average molecular weight is 368 g/mol. The van der Waals surface area contributed by atoms with Crippen LogP contribution < -0.4 is 0 Å². The number of aromatic nitrogens is 1. The van der Waals surface area contributed by atoms with E-state index in [4.69, 9.17) is 4.43 Å². The third kappa shape index (κ3) is 6.28. The summed E-state index contributed by atoms with van der Waals surface area (Å²) in [5.74, 6) is 0. The van der Waals surface area contributed by atoms with Crippen LogP contribution in [0.4, 0.5) is 0 Å². The molecule has 0 aromatic carbocycles. The van der Waals surface area contributed by atoms with E-state index in [0.29, 0.717) is 0 Å². The first-order chi connectivity index (χ1) is 11.0. The topological polar surface area (TPSA) is 42.4 Å². The molecule has 0 radical (unpaired) electrons. The van der Waals surface area contributed by atoms with E-state index in [-0.39, 0.29) is 17.7 Å². The van der Waals surface area contributed by atoms with Crippen LogP contribution >= 0.6 is 11.3 Å². The standard InChI is InChI=1S/C19H33NO2SSi/c1-14(12-21)9-10-18(22-24(7,8)19(4,5)6)15(2)11-17-13-23-16(3)20-17/h9,11,13,18,21H,10,12H2,1-8H3/b14-9-,15-11+/t18-/m0/s1. The van der Waals surface area contributed by atoms with Gasteiger partial charge in [0, 0.05) is 5.38 Å². The number of hydrogen-bond donors (Lipinski definition) is 1. The minimum atomic E-state index is -1.88. The van der Waals surface area contributed by atoms with E-state index in [0.717, 1.165) is 22.7 Å². The molecule has 0 aliphatic rings. The second kappa shape index (κ2) is 8.56. The maximum Gasteiger partial charge on any atom is 0.192 e. The molecule has 0 bridgehead atoms. The molecule has 0 saturated heterocycles. The van der Waals surface area contributed by atoms with Crippen molar-refractivity contribution in [1.82, 2.24) is 4.98 Å². The molecule has 1 N–H and O–H groups in total. The van der Waals surface area contributed by atoms with E-state index in [1.165, 1.54) is 5.57 Å². The van der Waals surface area contributed by atoms with Crippen LogP contribution in [0.3, 0.4) is 0 Å². The highest BCUT2D eigenvalue weighted by Crippen LogP contribution is 2.38. The minimum absolute atomic E-state index is 0.0226. The minimum Gasteiger partial charge on any atom is -0.410 e. The van der Waals surface area contributed by atoms with Crippen molar-refractivity contribution < 1.29 is 9.53 Å². The monoisotopic (exact) mass is 367 g/mol. The lowest BCUT2D eigenvalue weighted by Gasteiger charge is -2.39. The number of rotatable bonds is 7. The molecule has 0 saturated carbocycles. The van der Waals surface area contributed by atoms with Gasteiger partial charge >= 0.3 is 0 Å². The molecule has 3 nitrogen and oxygen atoms in total. The lowest BCUT2D eigenvalue weighted by molar-refractivity contribution is 0.217. The van der Waals surface area contributed by atoms with Crippen LogP contribution in [0.15, 0.2) is 22.6 Å². The molecule has 1 aromatic rings. The lowest BCUT2D eigenvalue weighted by atomic mass is 10.1. The highest BCUT2D eigenvalue weighted by Gasteiger charge is 2.39. The molecule has 0 aliphatic heterocycles. The number of aliphatic hydroxyl groups excluding tert-OH is 1. The molecule has 0 fully saturated rings. The van der Waals surface area contributed by atoms with Crippen molar-refractivity contribution in [1.29, 1.82) is 0 Å². The summed E-state index contributed by atoms with van der Waals surface area (Å²) in [6.45, 7) is 17.5. The molecule has 0 aliphatic carbocycles. The molecule has 136 valence electrons.